The van der Waals surface area contributed by atoms with Gasteiger partial charge in [-0.1, -0.05) is 30.3 Å². The van der Waals surface area contributed by atoms with Crippen LogP contribution < -0.4 is 15.0 Å². The average Bonchev–Trinajstić information content (AvgIpc) is 2.73. The molecule has 0 aromatic heterocycles. The molecule has 0 atom stereocenters. The molecule has 6 heteroatoms. The number of nitrogens with zero attached hydrogens (tertiary/aromatic N) is 2. The zero-order chi connectivity index (χ0) is 19.1. The van der Waals surface area contributed by atoms with Crippen LogP contribution in [0.4, 0.5) is 5.69 Å². The minimum absolute atomic E-state index is 0.0171. The van der Waals surface area contributed by atoms with Crippen molar-refractivity contribution in [2.24, 2.45) is 0 Å². The van der Waals surface area contributed by atoms with E-state index >= 15 is 0 Å². The van der Waals surface area contributed by atoms with Crippen molar-refractivity contribution in [1.82, 2.24) is 10.2 Å². The molecule has 2 amide bonds. The minimum atomic E-state index is -0.228. The summed E-state index contributed by atoms with van der Waals surface area (Å²) >= 11 is 0. The van der Waals surface area contributed by atoms with Crippen LogP contribution in [0.15, 0.2) is 54.6 Å². The molecule has 27 heavy (non-hydrogen) atoms. The average molecular weight is 367 g/mol. The molecule has 1 saturated heterocycles. The van der Waals surface area contributed by atoms with Crippen LogP contribution in [0.25, 0.3) is 0 Å². The van der Waals surface area contributed by atoms with E-state index in [1.54, 1.807) is 29.2 Å². The Morgan fingerprint density at radius 1 is 0.963 bits per heavy atom. The van der Waals surface area contributed by atoms with Crippen molar-refractivity contribution in [1.29, 1.82) is 0 Å². The number of rotatable bonds is 6. The van der Waals surface area contributed by atoms with Crippen molar-refractivity contribution in [2.75, 3.05) is 44.2 Å². The van der Waals surface area contributed by atoms with Crippen LogP contribution in [-0.4, -0.2) is 56.0 Å². The predicted octanol–water partition coefficient (Wildman–Crippen LogP) is 2.16. The standard InChI is InChI=1S/C21H25N3O3/c1-2-27-19-11-7-6-10-18(19)23-12-14-24(15-13-23)20(25)16-22-21(26)17-8-4-3-5-9-17/h3-11H,2,12-16H2,1H3,(H,22,26). The van der Waals surface area contributed by atoms with E-state index in [2.05, 4.69) is 10.2 Å². The van der Waals surface area contributed by atoms with Gasteiger partial charge in [0.25, 0.3) is 5.91 Å². The van der Waals surface area contributed by atoms with Gasteiger partial charge in [0.1, 0.15) is 5.75 Å². The van der Waals surface area contributed by atoms with Crippen LogP contribution in [0.3, 0.4) is 0 Å². The zero-order valence-corrected chi connectivity index (χ0v) is 15.6. The maximum atomic E-state index is 12.4. The molecule has 6 nitrogen and oxygen atoms in total. The minimum Gasteiger partial charge on any atom is -0.492 e. The summed E-state index contributed by atoms with van der Waals surface area (Å²) in [5.74, 6) is 0.583. The molecule has 1 aliphatic rings. The van der Waals surface area contributed by atoms with Gasteiger partial charge in [0, 0.05) is 31.7 Å². The number of benzene rings is 2. The summed E-state index contributed by atoms with van der Waals surface area (Å²) < 4.78 is 5.70. The Morgan fingerprint density at radius 3 is 2.33 bits per heavy atom. The Balaban J connectivity index is 1.50. The quantitative estimate of drug-likeness (QED) is 0.850. The fourth-order valence-electron chi connectivity index (χ4n) is 3.15. The van der Waals surface area contributed by atoms with Gasteiger partial charge in [-0.3, -0.25) is 9.59 Å². The van der Waals surface area contributed by atoms with E-state index < -0.39 is 0 Å². The number of anilines is 1. The molecule has 1 heterocycles. The highest BCUT2D eigenvalue weighted by molar-refractivity contribution is 5.96. The summed E-state index contributed by atoms with van der Waals surface area (Å²) in [6, 6.07) is 16.9. The second-order valence-electron chi connectivity index (χ2n) is 6.32. The largest absolute Gasteiger partial charge is 0.492 e. The maximum Gasteiger partial charge on any atom is 0.251 e. The molecule has 0 aliphatic carbocycles. The number of amides is 2. The van der Waals surface area contributed by atoms with Crippen molar-refractivity contribution < 1.29 is 14.3 Å². The number of carbonyl (C=O) groups is 2. The summed E-state index contributed by atoms with van der Waals surface area (Å²) in [6.07, 6.45) is 0. The summed E-state index contributed by atoms with van der Waals surface area (Å²) in [5, 5.41) is 2.70. The van der Waals surface area contributed by atoms with Crippen LogP contribution in [0.1, 0.15) is 17.3 Å². The second kappa shape index (κ2) is 9.07. The van der Waals surface area contributed by atoms with Gasteiger partial charge in [0.05, 0.1) is 18.8 Å². The Labute approximate surface area is 159 Å². The van der Waals surface area contributed by atoms with Gasteiger partial charge in [0.2, 0.25) is 5.91 Å². The number of nitrogens with one attached hydrogen (secondary N) is 1. The second-order valence-corrected chi connectivity index (χ2v) is 6.32. The molecule has 2 aromatic carbocycles. The molecule has 0 saturated carbocycles. The van der Waals surface area contributed by atoms with E-state index in [-0.39, 0.29) is 18.4 Å². The molecular weight excluding hydrogens is 342 g/mol. The number of hydrogen-bond acceptors (Lipinski definition) is 4. The molecule has 0 bridgehead atoms. The molecule has 1 aliphatic heterocycles. The van der Waals surface area contributed by atoms with Crippen molar-refractivity contribution in [3.8, 4) is 5.75 Å². The van der Waals surface area contributed by atoms with Gasteiger partial charge >= 0.3 is 0 Å². The first-order valence-corrected chi connectivity index (χ1v) is 9.27. The number of ether oxygens (including phenoxy) is 1. The van der Waals surface area contributed by atoms with Gasteiger partial charge in [-0.25, -0.2) is 0 Å². The first kappa shape index (κ1) is 18.8. The van der Waals surface area contributed by atoms with Gasteiger partial charge in [-0.2, -0.15) is 0 Å². The van der Waals surface area contributed by atoms with Crippen molar-refractivity contribution in [3.05, 3.63) is 60.2 Å². The highest BCUT2D eigenvalue weighted by Crippen LogP contribution is 2.28. The summed E-state index contributed by atoms with van der Waals surface area (Å²) in [4.78, 5) is 28.5. The predicted molar refractivity (Wildman–Crippen MR) is 105 cm³/mol. The third-order valence-electron chi connectivity index (χ3n) is 4.57. The third-order valence-corrected chi connectivity index (χ3v) is 4.57. The number of hydrogen-bond donors (Lipinski definition) is 1. The molecule has 1 N–H and O–H groups in total. The normalized spacial score (nSPS) is 14.0. The van der Waals surface area contributed by atoms with E-state index in [1.807, 2.05) is 37.3 Å². The van der Waals surface area contributed by atoms with E-state index in [1.165, 1.54) is 0 Å². The monoisotopic (exact) mass is 367 g/mol. The Bertz CT molecular complexity index is 771. The fourth-order valence-corrected chi connectivity index (χ4v) is 3.15. The van der Waals surface area contributed by atoms with E-state index in [0.717, 1.165) is 24.5 Å². The van der Waals surface area contributed by atoms with Crippen LogP contribution in [-0.2, 0) is 4.79 Å². The fraction of sp³-hybridized carbons (Fsp3) is 0.333. The van der Waals surface area contributed by atoms with E-state index in [0.29, 0.717) is 25.3 Å². The molecule has 142 valence electrons. The SMILES string of the molecule is CCOc1ccccc1N1CCN(C(=O)CNC(=O)c2ccccc2)CC1. The van der Waals surface area contributed by atoms with E-state index in [9.17, 15) is 9.59 Å². The Hall–Kier alpha value is -3.02. The molecule has 0 unspecified atom stereocenters. The van der Waals surface area contributed by atoms with Crippen LogP contribution in [0.5, 0.6) is 5.75 Å². The van der Waals surface area contributed by atoms with Crippen molar-refractivity contribution >= 4 is 17.5 Å². The lowest BCUT2D eigenvalue weighted by Gasteiger charge is -2.36. The van der Waals surface area contributed by atoms with Gasteiger partial charge in [-0.05, 0) is 31.2 Å². The summed E-state index contributed by atoms with van der Waals surface area (Å²) in [7, 11) is 0. The van der Waals surface area contributed by atoms with Gasteiger partial charge in [-0.15, -0.1) is 0 Å². The van der Waals surface area contributed by atoms with Gasteiger partial charge in [0.15, 0.2) is 0 Å². The Morgan fingerprint density at radius 2 is 1.63 bits per heavy atom. The Kier molecular flexibility index (Phi) is 6.30. The first-order chi connectivity index (χ1) is 13.2. The van der Waals surface area contributed by atoms with Crippen LogP contribution >= 0.6 is 0 Å². The highest BCUT2D eigenvalue weighted by atomic mass is 16.5. The topological polar surface area (TPSA) is 61.9 Å². The molecule has 0 spiro atoms. The van der Waals surface area contributed by atoms with Crippen molar-refractivity contribution in [2.45, 2.75) is 6.92 Å². The molecular formula is C21H25N3O3. The van der Waals surface area contributed by atoms with Crippen LogP contribution in [0.2, 0.25) is 0 Å². The number of para-hydroxylation sites is 2. The number of carbonyl (C=O) groups excluding carboxylic acids is 2. The van der Waals surface area contributed by atoms with E-state index in [4.69, 9.17) is 4.74 Å². The molecule has 0 radical (unpaired) electrons. The first-order valence-electron chi connectivity index (χ1n) is 9.27. The zero-order valence-electron chi connectivity index (χ0n) is 15.6. The van der Waals surface area contributed by atoms with Crippen molar-refractivity contribution in [3.63, 3.8) is 0 Å². The third kappa shape index (κ3) is 4.78. The lowest BCUT2D eigenvalue weighted by Crippen LogP contribution is -2.51. The molecule has 2 aromatic rings. The number of piperazine rings is 1. The smallest absolute Gasteiger partial charge is 0.251 e. The highest BCUT2D eigenvalue weighted by Gasteiger charge is 2.23. The van der Waals surface area contributed by atoms with Crippen LogP contribution in [0, 0.1) is 0 Å². The lowest BCUT2D eigenvalue weighted by atomic mass is 10.2. The lowest BCUT2D eigenvalue weighted by molar-refractivity contribution is -0.130. The molecule has 3 rings (SSSR count). The van der Waals surface area contributed by atoms with Gasteiger partial charge < -0.3 is 19.9 Å². The maximum absolute atomic E-state index is 12.4. The molecule has 1 fully saturated rings. The summed E-state index contributed by atoms with van der Waals surface area (Å²) in [5.41, 5.74) is 1.62. The summed E-state index contributed by atoms with van der Waals surface area (Å²) in [6.45, 7) is 5.34.